The van der Waals surface area contributed by atoms with Crippen LogP contribution in [0.4, 0.5) is 0 Å². The predicted molar refractivity (Wildman–Crippen MR) is 56.8 cm³/mol. The minimum Gasteiger partial charge on any atom is -0.507 e. The van der Waals surface area contributed by atoms with E-state index in [0.717, 1.165) is 4.47 Å². The van der Waals surface area contributed by atoms with E-state index in [1.54, 1.807) is 17.8 Å². The first-order valence-corrected chi connectivity index (χ1v) is 5.42. The number of halogens is 1. The van der Waals surface area contributed by atoms with Gasteiger partial charge in [0.05, 0.1) is 4.47 Å². The Hall–Kier alpha value is -0.150. The Labute approximate surface area is 85.3 Å². The Morgan fingerprint density at radius 2 is 2.08 bits per heavy atom. The molecule has 1 N–H and O–H groups in total. The fraction of sp³-hybridized carbons (Fsp3) is 0.333. The van der Waals surface area contributed by atoms with Gasteiger partial charge in [0, 0.05) is 10.1 Å². The van der Waals surface area contributed by atoms with Crippen LogP contribution in [0.2, 0.25) is 0 Å². The number of aromatic hydroxyl groups is 1. The van der Waals surface area contributed by atoms with Gasteiger partial charge in [-0.25, -0.2) is 0 Å². The lowest BCUT2D eigenvalue weighted by Gasteiger charge is -2.05. The van der Waals surface area contributed by atoms with Crippen LogP contribution < -0.4 is 0 Å². The standard InChI is InChI=1S/C9H11BrOS/c1-6(2)12-7-3-4-9(11)8(10)5-7/h3-6,11H,1-2H3. The number of benzene rings is 1. The molecule has 0 saturated carbocycles. The Kier molecular flexibility index (Phi) is 3.47. The fourth-order valence-corrected chi connectivity index (χ4v) is 2.24. The minimum atomic E-state index is 0.295. The molecule has 0 aliphatic carbocycles. The molecule has 0 radical (unpaired) electrons. The molecule has 1 aromatic carbocycles. The maximum Gasteiger partial charge on any atom is 0.129 e. The molecule has 0 aromatic heterocycles. The molecular formula is C9H11BrOS. The highest BCUT2D eigenvalue weighted by molar-refractivity contribution is 9.10. The van der Waals surface area contributed by atoms with Crippen molar-refractivity contribution >= 4 is 27.7 Å². The first-order chi connectivity index (χ1) is 5.59. The van der Waals surface area contributed by atoms with Gasteiger partial charge in [0.15, 0.2) is 0 Å². The van der Waals surface area contributed by atoms with Crippen LogP contribution in [0.15, 0.2) is 27.6 Å². The summed E-state index contributed by atoms with van der Waals surface area (Å²) < 4.78 is 0.758. The predicted octanol–water partition coefficient (Wildman–Crippen LogP) is 3.66. The Balaban J connectivity index is 2.82. The fourth-order valence-electron chi connectivity index (χ4n) is 0.833. The lowest BCUT2D eigenvalue weighted by molar-refractivity contribution is 0.471. The second-order valence-electron chi connectivity index (χ2n) is 2.78. The van der Waals surface area contributed by atoms with Gasteiger partial charge >= 0.3 is 0 Å². The maximum absolute atomic E-state index is 9.22. The molecule has 0 saturated heterocycles. The van der Waals surface area contributed by atoms with E-state index in [0.29, 0.717) is 11.0 Å². The van der Waals surface area contributed by atoms with Crippen LogP contribution in [-0.2, 0) is 0 Å². The molecule has 0 spiro atoms. The SMILES string of the molecule is CC(C)Sc1ccc(O)c(Br)c1. The van der Waals surface area contributed by atoms with Gasteiger partial charge in [0.2, 0.25) is 0 Å². The first kappa shape index (κ1) is 9.93. The van der Waals surface area contributed by atoms with E-state index in [1.807, 2.05) is 12.1 Å². The Bertz CT molecular complexity index is 273. The lowest BCUT2D eigenvalue weighted by Crippen LogP contribution is -1.85. The molecular weight excluding hydrogens is 236 g/mol. The van der Waals surface area contributed by atoms with Crippen molar-refractivity contribution in [2.45, 2.75) is 24.0 Å². The molecule has 66 valence electrons. The number of rotatable bonds is 2. The van der Waals surface area contributed by atoms with Gasteiger partial charge in [-0.05, 0) is 34.1 Å². The van der Waals surface area contributed by atoms with E-state index in [9.17, 15) is 5.11 Å². The molecule has 0 fully saturated rings. The van der Waals surface area contributed by atoms with Gasteiger partial charge in [-0.15, -0.1) is 11.8 Å². The van der Waals surface area contributed by atoms with Gasteiger partial charge in [-0.3, -0.25) is 0 Å². The number of phenols is 1. The monoisotopic (exact) mass is 246 g/mol. The molecule has 0 amide bonds. The molecule has 0 aliphatic heterocycles. The highest BCUT2D eigenvalue weighted by Crippen LogP contribution is 2.30. The van der Waals surface area contributed by atoms with Gasteiger partial charge < -0.3 is 5.11 Å². The molecule has 12 heavy (non-hydrogen) atoms. The van der Waals surface area contributed by atoms with E-state index in [-0.39, 0.29) is 0 Å². The van der Waals surface area contributed by atoms with Crippen molar-refractivity contribution in [1.29, 1.82) is 0 Å². The summed E-state index contributed by atoms with van der Waals surface area (Å²) in [6.07, 6.45) is 0. The van der Waals surface area contributed by atoms with Crippen LogP contribution in [0.5, 0.6) is 5.75 Å². The summed E-state index contributed by atoms with van der Waals surface area (Å²) >= 11 is 5.05. The molecule has 3 heteroatoms. The summed E-state index contributed by atoms with van der Waals surface area (Å²) in [6.45, 7) is 4.29. The van der Waals surface area contributed by atoms with Crippen molar-refractivity contribution in [3.8, 4) is 5.75 Å². The molecule has 0 heterocycles. The molecule has 0 aliphatic rings. The van der Waals surface area contributed by atoms with Crippen LogP contribution in [0, 0.1) is 0 Å². The third kappa shape index (κ3) is 2.72. The highest BCUT2D eigenvalue weighted by Gasteiger charge is 2.01. The first-order valence-electron chi connectivity index (χ1n) is 3.75. The van der Waals surface area contributed by atoms with Crippen LogP contribution in [0.3, 0.4) is 0 Å². The number of hydrogen-bond acceptors (Lipinski definition) is 2. The van der Waals surface area contributed by atoms with Crippen LogP contribution >= 0.6 is 27.7 Å². The Morgan fingerprint density at radius 1 is 1.42 bits per heavy atom. The Morgan fingerprint density at radius 3 is 2.58 bits per heavy atom. The molecule has 0 unspecified atom stereocenters. The second kappa shape index (κ2) is 4.19. The normalized spacial score (nSPS) is 10.7. The molecule has 0 bridgehead atoms. The van der Waals surface area contributed by atoms with Gasteiger partial charge in [-0.1, -0.05) is 13.8 Å². The largest absolute Gasteiger partial charge is 0.507 e. The van der Waals surface area contributed by atoms with E-state index in [1.165, 1.54) is 4.90 Å². The third-order valence-electron chi connectivity index (χ3n) is 1.29. The topological polar surface area (TPSA) is 20.2 Å². The van der Waals surface area contributed by atoms with E-state index < -0.39 is 0 Å². The quantitative estimate of drug-likeness (QED) is 0.805. The maximum atomic E-state index is 9.22. The average Bonchev–Trinajstić information content (AvgIpc) is 1.96. The molecule has 0 atom stereocenters. The lowest BCUT2D eigenvalue weighted by atomic mass is 10.3. The van der Waals surface area contributed by atoms with Crippen LogP contribution in [0.25, 0.3) is 0 Å². The number of thioether (sulfide) groups is 1. The average molecular weight is 247 g/mol. The van der Waals surface area contributed by atoms with Crippen molar-refractivity contribution in [3.05, 3.63) is 22.7 Å². The van der Waals surface area contributed by atoms with Gasteiger partial charge in [0.25, 0.3) is 0 Å². The van der Waals surface area contributed by atoms with Gasteiger partial charge in [-0.2, -0.15) is 0 Å². The summed E-state index contributed by atoms with van der Waals surface area (Å²) in [4.78, 5) is 1.18. The van der Waals surface area contributed by atoms with Crippen LogP contribution in [-0.4, -0.2) is 10.4 Å². The molecule has 1 nitrogen and oxygen atoms in total. The summed E-state index contributed by atoms with van der Waals surface area (Å²) in [7, 11) is 0. The van der Waals surface area contributed by atoms with E-state index >= 15 is 0 Å². The number of phenolic OH excluding ortho intramolecular Hbond substituents is 1. The summed E-state index contributed by atoms with van der Waals surface area (Å²) in [5, 5.41) is 9.79. The zero-order valence-corrected chi connectivity index (χ0v) is 9.45. The summed E-state index contributed by atoms with van der Waals surface area (Å²) in [6, 6.07) is 5.56. The third-order valence-corrected chi connectivity index (χ3v) is 2.92. The minimum absolute atomic E-state index is 0.295. The zero-order chi connectivity index (χ0) is 9.14. The van der Waals surface area contributed by atoms with Crippen molar-refractivity contribution in [2.24, 2.45) is 0 Å². The molecule has 1 aromatic rings. The number of hydrogen-bond donors (Lipinski definition) is 1. The van der Waals surface area contributed by atoms with E-state index in [2.05, 4.69) is 29.8 Å². The van der Waals surface area contributed by atoms with Crippen molar-refractivity contribution in [1.82, 2.24) is 0 Å². The zero-order valence-electron chi connectivity index (χ0n) is 7.04. The van der Waals surface area contributed by atoms with Crippen LogP contribution in [0.1, 0.15) is 13.8 Å². The second-order valence-corrected chi connectivity index (χ2v) is 5.28. The highest BCUT2D eigenvalue weighted by atomic mass is 79.9. The van der Waals surface area contributed by atoms with E-state index in [4.69, 9.17) is 0 Å². The van der Waals surface area contributed by atoms with Crippen molar-refractivity contribution in [2.75, 3.05) is 0 Å². The smallest absolute Gasteiger partial charge is 0.129 e. The van der Waals surface area contributed by atoms with Crippen molar-refractivity contribution < 1.29 is 5.11 Å². The summed E-state index contributed by atoms with van der Waals surface area (Å²) in [5.41, 5.74) is 0. The molecule has 1 rings (SSSR count). The van der Waals surface area contributed by atoms with Gasteiger partial charge in [0.1, 0.15) is 5.75 Å². The summed E-state index contributed by atoms with van der Waals surface area (Å²) in [5.74, 6) is 0.295. The van der Waals surface area contributed by atoms with Crippen molar-refractivity contribution in [3.63, 3.8) is 0 Å².